The molecule has 13 heavy (non-hydrogen) atoms. The largest absolute Gasteiger partial charge is 0.378 e. The van der Waals surface area contributed by atoms with Crippen molar-refractivity contribution >= 4 is 0 Å². The molecule has 0 aliphatic carbocycles. The number of hydrogen-bond donors (Lipinski definition) is 1. The maximum Gasteiger partial charge on any atom is 0.163 e. The standard InChI is InChI=1S/C9H17NO3/c1-9(2)12-6-8(13-9)7-5-11-4-3-10-7/h7-8,10H,3-6H2,1-2H3/t7-,8+/m1/s1. The van der Waals surface area contributed by atoms with E-state index < -0.39 is 5.79 Å². The first kappa shape index (κ1) is 9.40. The summed E-state index contributed by atoms with van der Waals surface area (Å²) in [4.78, 5) is 0. The van der Waals surface area contributed by atoms with Gasteiger partial charge < -0.3 is 19.5 Å². The minimum Gasteiger partial charge on any atom is -0.378 e. The average molecular weight is 187 g/mol. The van der Waals surface area contributed by atoms with E-state index in [1.165, 1.54) is 0 Å². The van der Waals surface area contributed by atoms with Gasteiger partial charge in [-0.05, 0) is 13.8 Å². The van der Waals surface area contributed by atoms with Crippen molar-refractivity contribution in [3.8, 4) is 0 Å². The van der Waals surface area contributed by atoms with Crippen LogP contribution in [-0.4, -0.2) is 44.3 Å². The molecule has 2 saturated heterocycles. The van der Waals surface area contributed by atoms with Gasteiger partial charge in [-0.3, -0.25) is 0 Å². The fourth-order valence-electron chi connectivity index (χ4n) is 1.74. The zero-order chi connectivity index (χ0) is 9.31. The van der Waals surface area contributed by atoms with Crippen LogP contribution < -0.4 is 5.32 Å². The van der Waals surface area contributed by atoms with Gasteiger partial charge in [0.2, 0.25) is 0 Å². The van der Waals surface area contributed by atoms with E-state index in [0.29, 0.717) is 6.61 Å². The third kappa shape index (κ3) is 2.20. The summed E-state index contributed by atoms with van der Waals surface area (Å²) in [5.41, 5.74) is 0. The lowest BCUT2D eigenvalue weighted by molar-refractivity contribution is -0.145. The topological polar surface area (TPSA) is 39.7 Å². The lowest BCUT2D eigenvalue weighted by Gasteiger charge is -2.28. The molecular weight excluding hydrogens is 170 g/mol. The second kappa shape index (κ2) is 3.53. The molecule has 0 radical (unpaired) electrons. The van der Waals surface area contributed by atoms with Gasteiger partial charge in [0.15, 0.2) is 5.79 Å². The third-order valence-corrected chi connectivity index (χ3v) is 2.43. The molecule has 4 heteroatoms. The van der Waals surface area contributed by atoms with Crippen LogP contribution in [0.5, 0.6) is 0 Å². The molecule has 0 amide bonds. The van der Waals surface area contributed by atoms with Gasteiger partial charge in [0.05, 0.1) is 25.9 Å². The van der Waals surface area contributed by atoms with Crippen LogP contribution in [0.4, 0.5) is 0 Å². The second-order valence-corrected chi connectivity index (χ2v) is 4.00. The summed E-state index contributed by atoms with van der Waals surface area (Å²) in [5.74, 6) is -0.427. The summed E-state index contributed by atoms with van der Waals surface area (Å²) in [6.07, 6.45) is 0.135. The average Bonchev–Trinajstić information content (AvgIpc) is 2.48. The van der Waals surface area contributed by atoms with Crippen LogP contribution in [0.1, 0.15) is 13.8 Å². The first-order chi connectivity index (χ1) is 6.17. The van der Waals surface area contributed by atoms with Gasteiger partial charge in [0, 0.05) is 6.54 Å². The van der Waals surface area contributed by atoms with Gasteiger partial charge in [-0.25, -0.2) is 0 Å². The molecule has 0 bridgehead atoms. The highest BCUT2D eigenvalue weighted by molar-refractivity contribution is 4.84. The molecule has 0 saturated carbocycles. The molecule has 4 nitrogen and oxygen atoms in total. The highest BCUT2D eigenvalue weighted by atomic mass is 16.7. The van der Waals surface area contributed by atoms with Crippen molar-refractivity contribution in [2.45, 2.75) is 31.8 Å². The van der Waals surface area contributed by atoms with Gasteiger partial charge in [0.25, 0.3) is 0 Å². The SMILES string of the molecule is CC1(C)OC[C@@H]([C@H]2COCCN2)O1. The Hall–Kier alpha value is -0.160. The number of hydrogen-bond acceptors (Lipinski definition) is 4. The number of rotatable bonds is 1. The molecule has 0 aromatic rings. The van der Waals surface area contributed by atoms with Crippen LogP contribution in [0.15, 0.2) is 0 Å². The van der Waals surface area contributed by atoms with Gasteiger partial charge in [-0.15, -0.1) is 0 Å². The van der Waals surface area contributed by atoms with Crippen molar-refractivity contribution in [3.63, 3.8) is 0 Å². The predicted molar refractivity (Wildman–Crippen MR) is 47.5 cm³/mol. The third-order valence-electron chi connectivity index (χ3n) is 2.43. The summed E-state index contributed by atoms with van der Waals surface area (Å²) in [5, 5.41) is 3.37. The Morgan fingerprint density at radius 3 is 2.69 bits per heavy atom. The fourth-order valence-corrected chi connectivity index (χ4v) is 1.74. The summed E-state index contributed by atoms with van der Waals surface area (Å²) in [6.45, 7) is 6.98. The minimum atomic E-state index is -0.427. The van der Waals surface area contributed by atoms with E-state index in [1.807, 2.05) is 13.8 Å². The zero-order valence-corrected chi connectivity index (χ0v) is 8.21. The molecule has 1 N–H and O–H groups in total. The highest BCUT2D eigenvalue weighted by Gasteiger charge is 2.37. The quantitative estimate of drug-likeness (QED) is 0.633. The van der Waals surface area contributed by atoms with Crippen LogP contribution in [0, 0.1) is 0 Å². The van der Waals surface area contributed by atoms with Crippen LogP contribution in [0.3, 0.4) is 0 Å². The summed E-state index contributed by atoms with van der Waals surface area (Å²) in [6, 6.07) is 0.288. The van der Waals surface area contributed by atoms with E-state index >= 15 is 0 Å². The Labute approximate surface area is 78.5 Å². The van der Waals surface area contributed by atoms with E-state index in [4.69, 9.17) is 14.2 Å². The molecule has 2 heterocycles. The van der Waals surface area contributed by atoms with Crippen LogP contribution in [0.25, 0.3) is 0 Å². The second-order valence-electron chi connectivity index (χ2n) is 4.00. The van der Waals surface area contributed by atoms with Crippen LogP contribution >= 0.6 is 0 Å². The normalized spacial score (nSPS) is 39.2. The molecule has 0 aromatic carbocycles. The lowest BCUT2D eigenvalue weighted by atomic mass is 10.1. The molecule has 2 atom stereocenters. The van der Waals surface area contributed by atoms with Crippen LogP contribution in [-0.2, 0) is 14.2 Å². The Morgan fingerprint density at radius 1 is 1.31 bits per heavy atom. The number of morpholine rings is 1. The van der Waals surface area contributed by atoms with E-state index in [2.05, 4.69) is 5.32 Å². The smallest absolute Gasteiger partial charge is 0.163 e. The maximum atomic E-state index is 5.72. The molecule has 0 spiro atoms. The minimum absolute atomic E-state index is 0.135. The lowest BCUT2D eigenvalue weighted by Crippen LogP contribution is -2.49. The Kier molecular flexibility index (Phi) is 2.55. The van der Waals surface area contributed by atoms with E-state index in [1.54, 1.807) is 0 Å². The summed E-state index contributed by atoms with van der Waals surface area (Å²) < 4.78 is 16.6. The van der Waals surface area contributed by atoms with Crippen molar-refractivity contribution in [3.05, 3.63) is 0 Å². The first-order valence-corrected chi connectivity index (χ1v) is 4.80. The highest BCUT2D eigenvalue weighted by Crippen LogP contribution is 2.24. The first-order valence-electron chi connectivity index (χ1n) is 4.80. The van der Waals surface area contributed by atoms with Gasteiger partial charge in [0.1, 0.15) is 6.10 Å². The summed E-state index contributed by atoms with van der Waals surface area (Å²) >= 11 is 0. The van der Waals surface area contributed by atoms with Gasteiger partial charge >= 0.3 is 0 Å². The van der Waals surface area contributed by atoms with E-state index in [-0.39, 0.29) is 12.1 Å². The van der Waals surface area contributed by atoms with Crippen molar-refractivity contribution in [1.29, 1.82) is 0 Å². The predicted octanol–water partition coefficient (Wildman–Crippen LogP) is 0.126. The number of nitrogens with one attached hydrogen (secondary N) is 1. The van der Waals surface area contributed by atoms with Gasteiger partial charge in [-0.2, -0.15) is 0 Å². The Bertz CT molecular complexity index is 178. The molecule has 2 rings (SSSR count). The fraction of sp³-hybridized carbons (Fsp3) is 1.00. The van der Waals surface area contributed by atoms with Crippen molar-refractivity contribution in [1.82, 2.24) is 5.32 Å². The van der Waals surface area contributed by atoms with Crippen molar-refractivity contribution in [2.75, 3.05) is 26.4 Å². The van der Waals surface area contributed by atoms with Crippen LogP contribution in [0.2, 0.25) is 0 Å². The van der Waals surface area contributed by atoms with E-state index in [0.717, 1.165) is 19.8 Å². The monoisotopic (exact) mass is 187 g/mol. The Morgan fingerprint density at radius 2 is 2.15 bits per heavy atom. The molecule has 2 aliphatic heterocycles. The zero-order valence-electron chi connectivity index (χ0n) is 8.21. The maximum absolute atomic E-state index is 5.72. The van der Waals surface area contributed by atoms with Crippen molar-refractivity contribution < 1.29 is 14.2 Å². The molecule has 2 fully saturated rings. The molecule has 0 aromatic heterocycles. The molecule has 76 valence electrons. The van der Waals surface area contributed by atoms with Gasteiger partial charge in [-0.1, -0.05) is 0 Å². The van der Waals surface area contributed by atoms with Crippen molar-refractivity contribution in [2.24, 2.45) is 0 Å². The molecule has 0 unspecified atom stereocenters. The molecular formula is C9H17NO3. The molecule has 2 aliphatic rings. The number of ether oxygens (including phenoxy) is 3. The summed E-state index contributed by atoms with van der Waals surface area (Å²) in [7, 11) is 0. The van der Waals surface area contributed by atoms with E-state index in [9.17, 15) is 0 Å². The Balaban J connectivity index is 1.87.